The van der Waals surface area contributed by atoms with Gasteiger partial charge in [-0.25, -0.2) is 4.79 Å². The topological polar surface area (TPSA) is 92.3 Å². The molecule has 0 bridgehead atoms. The van der Waals surface area contributed by atoms with E-state index in [1.807, 2.05) is 0 Å². The first-order valence-corrected chi connectivity index (χ1v) is 7.49. The van der Waals surface area contributed by atoms with Gasteiger partial charge in [-0.05, 0) is 19.1 Å². The van der Waals surface area contributed by atoms with Crippen LogP contribution in [0.1, 0.15) is 6.92 Å². The molecular formula is C16H17NO7. The molecule has 8 nitrogen and oxygen atoms in total. The Kier molecular flexibility index (Phi) is 4.74. The lowest BCUT2D eigenvalue weighted by Crippen LogP contribution is -2.31. The summed E-state index contributed by atoms with van der Waals surface area (Å²) < 4.78 is 26.0. The van der Waals surface area contributed by atoms with Gasteiger partial charge in [0, 0.05) is 11.8 Å². The molecule has 0 saturated carbocycles. The van der Waals surface area contributed by atoms with E-state index in [9.17, 15) is 9.59 Å². The number of nitrogens with one attached hydrogen (secondary N) is 1. The molecule has 0 aliphatic carbocycles. The third-order valence-electron chi connectivity index (χ3n) is 3.31. The molecule has 0 radical (unpaired) electrons. The van der Waals surface area contributed by atoms with Gasteiger partial charge in [0.1, 0.15) is 32.7 Å². The van der Waals surface area contributed by atoms with Crippen molar-refractivity contribution >= 4 is 17.6 Å². The van der Waals surface area contributed by atoms with Crippen LogP contribution in [0, 0.1) is 0 Å². The van der Waals surface area contributed by atoms with Crippen molar-refractivity contribution in [1.29, 1.82) is 0 Å². The average Bonchev–Trinajstić information content (AvgIpc) is 2.62. The number of benzene rings is 1. The van der Waals surface area contributed by atoms with E-state index in [-0.39, 0.29) is 12.4 Å². The number of amides is 1. The summed E-state index contributed by atoms with van der Waals surface area (Å²) in [5.74, 6) is -0.0983. The Hall–Kier alpha value is -2.90. The van der Waals surface area contributed by atoms with Crippen molar-refractivity contribution in [3.8, 4) is 11.5 Å². The second kappa shape index (κ2) is 7.12. The second-order valence-corrected chi connectivity index (χ2v) is 5.10. The van der Waals surface area contributed by atoms with Crippen LogP contribution < -0.4 is 14.8 Å². The van der Waals surface area contributed by atoms with Gasteiger partial charge >= 0.3 is 5.97 Å². The number of hydrogen-bond donors (Lipinski definition) is 1. The van der Waals surface area contributed by atoms with E-state index in [1.54, 1.807) is 18.2 Å². The highest BCUT2D eigenvalue weighted by molar-refractivity contribution is 5.96. The summed E-state index contributed by atoms with van der Waals surface area (Å²) >= 11 is 0. The predicted molar refractivity (Wildman–Crippen MR) is 81.6 cm³/mol. The summed E-state index contributed by atoms with van der Waals surface area (Å²) in [4.78, 5) is 24.0. The molecule has 0 aromatic heterocycles. The van der Waals surface area contributed by atoms with E-state index in [0.29, 0.717) is 37.0 Å². The lowest BCUT2D eigenvalue weighted by Gasteiger charge is -2.20. The number of hydrogen-bond acceptors (Lipinski definition) is 7. The lowest BCUT2D eigenvalue weighted by atomic mass is 10.2. The molecule has 2 aliphatic rings. The van der Waals surface area contributed by atoms with Gasteiger partial charge in [-0.3, -0.25) is 4.79 Å². The van der Waals surface area contributed by atoms with Gasteiger partial charge in [0.2, 0.25) is 5.76 Å². The van der Waals surface area contributed by atoms with Crippen molar-refractivity contribution in [3.05, 3.63) is 30.2 Å². The smallest absolute Gasteiger partial charge is 0.377 e. The molecule has 0 spiro atoms. The molecule has 1 N–H and O–H groups in total. The highest BCUT2D eigenvalue weighted by Gasteiger charge is 2.23. The van der Waals surface area contributed by atoms with Gasteiger partial charge in [-0.2, -0.15) is 0 Å². The summed E-state index contributed by atoms with van der Waals surface area (Å²) in [6.07, 6.45) is 0.175. The first kappa shape index (κ1) is 16.0. The molecule has 1 aromatic rings. The molecule has 1 aromatic carbocycles. The molecule has 0 fully saturated rings. The van der Waals surface area contributed by atoms with E-state index in [0.717, 1.165) is 0 Å². The maximum Gasteiger partial charge on any atom is 0.377 e. The summed E-state index contributed by atoms with van der Waals surface area (Å²) in [5.41, 5.74) is 0.517. The van der Waals surface area contributed by atoms with E-state index >= 15 is 0 Å². The third kappa shape index (κ3) is 3.70. The fraction of sp³-hybridized carbons (Fsp3) is 0.375. The van der Waals surface area contributed by atoms with Crippen molar-refractivity contribution < 1.29 is 33.3 Å². The number of fused-ring (bicyclic) bond motifs is 1. The molecule has 8 heteroatoms. The standard InChI is InChI=1S/C16H17NO7/c1-10(24-16(19)14-9-20-4-5-23-14)15(18)17-11-2-3-12-13(8-11)22-7-6-21-12/h2-3,8-10H,4-7H2,1H3,(H,17,18)/t10-/m1/s1. The molecule has 0 unspecified atom stereocenters. The minimum Gasteiger partial charge on any atom is -0.493 e. The zero-order valence-electron chi connectivity index (χ0n) is 13.1. The van der Waals surface area contributed by atoms with Crippen LogP contribution in [0.2, 0.25) is 0 Å². The average molecular weight is 335 g/mol. The molecular weight excluding hydrogens is 318 g/mol. The highest BCUT2D eigenvalue weighted by atomic mass is 16.6. The Morgan fingerprint density at radius 3 is 2.58 bits per heavy atom. The molecule has 24 heavy (non-hydrogen) atoms. The zero-order chi connectivity index (χ0) is 16.9. The van der Waals surface area contributed by atoms with Gasteiger partial charge in [0.25, 0.3) is 5.91 Å². The van der Waals surface area contributed by atoms with E-state index in [2.05, 4.69) is 5.32 Å². The van der Waals surface area contributed by atoms with Gasteiger partial charge in [0.05, 0.1) is 0 Å². The minimum absolute atomic E-state index is 0.0553. The van der Waals surface area contributed by atoms with E-state index in [1.165, 1.54) is 13.2 Å². The van der Waals surface area contributed by atoms with Gasteiger partial charge in [0.15, 0.2) is 17.6 Å². The maximum atomic E-state index is 12.1. The molecule has 2 aliphatic heterocycles. The van der Waals surface area contributed by atoms with Gasteiger partial charge < -0.3 is 29.0 Å². The Balaban J connectivity index is 1.58. The van der Waals surface area contributed by atoms with Crippen LogP contribution in [0.4, 0.5) is 5.69 Å². The van der Waals surface area contributed by atoms with Crippen LogP contribution in [-0.4, -0.2) is 44.4 Å². The Bertz CT molecular complexity index is 670. The molecule has 0 saturated heterocycles. The Morgan fingerprint density at radius 2 is 1.83 bits per heavy atom. The summed E-state index contributed by atoms with van der Waals surface area (Å²) in [5, 5.41) is 2.66. The van der Waals surface area contributed by atoms with E-state index < -0.39 is 18.0 Å². The summed E-state index contributed by atoms with van der Waals surface area (Å²) in [7, 11) is 0. The van der Waals surface area contributed by atoms with Crippen molar-refractivity contribution in [3.63, 3.8) is 0 Å². The van der Waals surface area contributed by atoms with E-state index in [4.69, 9.17) is 23.7 Å². The molecule has 128 valence electrons. The van der Waals surface area contributed by atoms with Crippen molar-refractivity contribution in [1.82, 2.24) is 0 Å². The molecule has 1 amide bonds. The number of ether oxygens (including phenoxy) is 5. The van der Waals surface area contributed by atoms with Gasteiger partial charge in [-0.1, -0.05) is 0 Å². The molecule has 2 heterocycles. The molecule has 1 atom stereocenters. The van der Waals surface area contributed by atoms with Crippen molar-refractivity contribution in [2.24, 2.45) is 0 Å². The first-order valence-electron chi connectivity index (χ1n) is 7.49. The second-order valence-electron chi connectivity index (χ2n) is 5.10. The summed E-state index contributed by atoms with van der Waals surface area (Å²) in [6, 6.07) is 5.04. The van der Waals surface area contributed by atoms with Crippen LogP contribution in [-0.2, 0) is 23.8 Å². The van der Waals surface area contributed by atoms with Crippen LogP contribution in [0.5, 0.6) is 11.5 Å². The third-order valence-corrected chi connectivity index (χ3v) is 3.31. The van der Waals surface area contributed by atoms with Gasteiger partial charge in [-0.15, -0.1) is 0 Å². The predicted octanol–water partition coefficient (Wildman–Crippen LogP) is 1.22. The Labute approximate surface area is 138 Å². The quantitative estimate of drug-likeness (QED) is 0.827. The zero-order valence-corrected chi connectivity index (χ0v) is 13.1. The Morgan fingerprint density at radius 1 is 1.08 bits per heavy atom. The number of rotatable bonds is 4. The molecule has 3 rings (SSSR count). The van der Waals surface area contributed by atoms with Crippen LogP contribution >= 0.6 is 0 Å². The minimum atomic E-state index is -1.00. The number of carbonyl (C=O) groups excluding carboxylic acids is 2. The van der Waals surface area contributed by atoms with Crippen LogP contribution in [0.3, 0.4) is 0 Å². The van der Waals surface area contributed by atoms with Crippen molar-refractivity contribution in [2.45, 2.75) is 13.0 Å². The SMILES string of the molecule is C[C@@H](OC(=O)C1=COCCO1)C(=O)Nc1ccc2c(c1)OCCO2. The number of anilines is 1. The fourth-order valence-electron chi connectivity index (χ4n) is 2.11. The fourth-order valence-corrected chi connectivity index (χ4v) is 2.11. The van der Waals surface area contributed by atoms with Crippen molar-refractivity contribution in [2.75, 3.05) is 31.7 Å². The monoisotopic (exact) mass is 335 g/mol. The van der Waals surface area contributed by atoms with Crippen LogP contribution in [0.25, 0.3) is 0 Å². The highest BCUT2D eigenvalue weighted by Crippen LogP contribution is 2.32. The lowest BCUT2D eigenvalue weighted by molar-refractivity contribution is -0.153. The largest absolute Gasteiger partial charge is 0.493 e. The maximum absolute atomic E-state index is 12.1. The summed E-state index contributed by atoms with van der Waals surface area (Å²) in [6.45, 7) is 3.05. The van der Waals surface area contributed by atoms with Crippen LogP contribution in [0.15, 0.2) is 30.2 Å². The number of esters is 1. The normalized spacial score (nSPS) is 16.8. The first-order chi connectivity index (χ1) is 11.6. The number of carbonyl (C=O) groups is 2.